The number of methoxy groups -OCH3 is 1. The fraction of sp³-hybridized carbons (Fsp3) is 0.455. The summed E-state index contributed by atoms with van der Waals surface area (Å²) < 4.78 is 5.12. The predicted molar refractivity (Wildman–Crippen MR) is 125 cm³/mol. The molecule has 2 fully saturated rings. The zero-order chi connectivity index (χ0) is 22.5. The minimum atomic E-state index is -0.154. The molecule has 0 bridgehead atoms. The Morgan fingerprint density at radius 2 is 1.97 bits per heavy atom. The van der Waals surface area contributed by atoms with Gasteiger partial charge < -0.3 is 20.3 Å². The molecule has 8 nitrogen and oxygen atoms in total. The van der Waals surface area contributed by atoms with Crippen molar-refractivity contribution in [2.75, 3.05) is 36.2 Å². The van der Waals surface area contributed by atoms with Crippen LogP contribution in [-0.4, -0.2) is 53.8 Å². The van der Waals surface area contributed by atoms with Crippen LogP contribution in [0.15, 0.2) is 35.6 Å². The Kier molecular flexibility index (Phi) is 7.36. The van der Waals surface area contributed by atoms with E-state index >= 15 is 0 Å². The van der Waals surface area contributed by atoms with Crippen LogP contribution in [0.3, 0.4) is 0 Å². The van der Waals surface area contributed by atoms with Crippen molar-refractivity contribution >= 4 is 46.7 Å². The number of amides is 2. The van der Waals surface area contributed by atoms with Gasteiger partial charge in [0, 0.05) is 36.8 Å². The number of hydrogen-bond acceptors (Lipinski definition) is 7. The van der Waals surface area contributed by atoms with E-state index in [1.807, 2.05) is 6.07 Å². The number of hydrogen-bond donors (Lipinski definition) is 2. The molecule has 10 heteroatoms. The van der Waals surface area contributed by atoms with Crippen LogP contribution in [0, 0.1) is 5.92 Å². The fourth-order valence-corrected chi connectivity index (χ4v) is 4.50. The number of aromatic nitrogens is 2. The number of ether oxygens (including phenoxy) is 1. The van der Waals surface area contributed by atoms with Crippen LogP contribution in [0.25, 0.3) is 0 Å². The van der Waals surface area contributed by atoms with Crippen molar-refractivity contribution in [2.24, 2.45) is 5.92 Å². The molecule has 2 N–H and O–H groups in total. The number of rotatable bonds is 8. The van der Waals surface area contributed by atoms with E-state index in [2.05, 4.69) is 25.5 Å². The van der Waals surface area contributed by atoms with E-state index in [-0.39, 0.29) is 23.5 Å². The van der Waals surface area contributed by atoms with Gasteiger partial charge in [0.25, 0.3) is 0 Å². The molecule has 2 amide bonds. The average Bonchev–Trinajstić information content (AvgIpc) is 3.62. The Bertz CT molecular complexity index is 980. The molecular formula is C22H26ClN5O3S. The van der Waals surface area contributed by atoms with E-state index < -0.39 is 0 Å². The Labute approximate surface area is 196 Å². The smallest absolute Gasteiger partial charge is 0.234 e. The van der Waals surface area contributed by atoms with E-state index in [1.165, 1.54) is 18.1 Å². The molecule has 1 saturated heterocycles. The van der Waals surface area contributed by atoms with E-state index in [1.54, 1.807) is 25.3 Å². The first-order chi connectivity index (χ1) is 15.5. The quantitative estimate of drug-likeness (QED) is 0.446. The van der Waals surface area contributed by atoms with E-state index in [0.29, 0.717) is 22.5 Å². The lowest BCUT2D eigenvalue weighted by atomic mass is 9.96. The van der Waals surface area contributed by atoms with Gasteiger partial charge in [0.2, 0.25) is 11.8 Å². The van der Waals surface area contributed by atoms with Gasteiger partial charge in [-0.25, -0.2) is 9.97 Å². The van der Waals surface area contributed by atoms with Gasteiger partial charge in [-0.3, -0.25) is 9.59 Å². The summed E-state index contributed by atoms with van der Waals surface area (Å²) in [5.74, 6) is 1.71. The molecule has 2 heterocycles. The summed E-state index contributed by atoms with van der Waals surface area (Å²) in [5, 5.41) is 7.09. The second-order valence-corrected chi connectivity index (χ2v) is 9.35. The highest BCUT2D eigenvalue weighted by Crippen LogP contribution is 2.28. The van der Waals surface area contributed by atoms with Crippen molar-refractivity contribution < 1.29 is 14.3 Å². The summed E-state index contributed by atoms with van der Waals surface area (Å²) in [6.07, 6.45) is 5.37. The molecule has 0 spiro atoms. The van der Waals surface area contributed by atoms with Crippen LogP contribution in [0.4, 0.5) is 11.5 Å². The van der Waals surface area contributed by atoms with Crippen molar-refractivity contribution in [3.8, 4) is 5.75 Å². The maximum atomic E-state index is 12.3. The molecule has 4 rings (SSSR count). The highest BCUT2D eigenvalue weighted by Gasteiger charge is 2.30. The summed E-state index contributed by atoms with van der Waals surface area (Å²) in [6, 6.07) is 7.40. The third-order valence-electron chi connectivity index (χ3n) is 5.53. The second-order valence-electron chi connectivity index (χ2n) is 7.94. The normalized spacial score (nSPS) is 16.5. The number of carbonyl (C=O) groups is 2. The molecule has 1 saturated carbocycles. The third-order valence-corrected chi connectivity index (χ3v) is 6.75. The van der Waals surface area contributed by atoms with Crippen molar-refractivity contribution in [1.29, 1.82) is 0 Å². The molecule has 1 aromatic heterocycles. The van der Waals surface area contributed by atoms with Gasteiger partial charge in [-0.05, 0) is 43.9 Å². The largest absolute Gasteiger partial charge is 0.495 e. The van der Waals surface area contributed by atoms with Crippen LogP contribution in [0.2, 0.25) is 5.02 Å². The molecule has 1 aliphatic heterocycles. The lowest BCUT2D eigenvalue weighted by molar-refractivity contribution is -0.125. The van der Waals surface area contributed by atoms with Crippen LogP contribution in [-0.2, 0) is 9.59 Å². The van der Waals surface area contributed by atoms with Gasteiger partial charge in [-0.15, -0.1) is 0 Å². The SMILES string of the molecule is COc1ccc(NC(=O)CSc2cc(N3CCC(C(=O)NC4CC4)CC3)ncn2)cc1Cl. The first kappa shape index (κ1) is 22.7. The predicted octanol–water partition coefficient (Wildman–Crippen LogP) is 3.36. The molecule has 0 unspecified atom stereocenters. The van der Waals surface area contributed by atoms with Crippen molar-refractivity contribution in [1.82, 2.24) is 15.3 Å². The summed E-state index contributed by atoms with van der Waals surface area (Å²) in [4.78, 5) is 35.4. The molecule has 0 atom stereocenters. The maximum absolute atomic E-state index is 12.3. The summed E-state index contributed by atoms with van der Waals surface area (Å²) in [5.41, 5.74) is 0.610. The van der Waals surface area contributed by atoms with Gasteiger partial charge in [0.05, 0.1) is 17.9 Å². The van der Waals surface area contributed by atoms with Gasteiger partial charge in [-0.2, -0.15) is 0 Å². The first-order valence-electron chi connectivity index (χ1n) is 10.7. The molecule has 1 aliphatic carbocycles. The number of nitrogens with one attached hydrogen (secondary N) is 2. The summed E-state index contributed by atoms with van der Waals surface area (Å²) >= 11 is 7.45. The van der Waals surface area contributed by atoms with Crippen molar-refractivity contribution in [3.05, 3.63) is 35.6 Å². The second kappa shape index (κ2) is 10.4. The number of piperidine rings is 1. The fourth-order valence-electron chi connectivity index (χ4n) is 3.58. The number of halogens is 1. The molecule has 1 aromatic carbocycles. The van der Waals surface area contributed by atoms with Crippen molar-refractivity contribution in [3.63, 3.8) is 0 Å². The van der Waals surface area contributed by atoms with Crippen molar-refractivity contribution in [2.45, 2.75) is 36.8 Å². The molecule has 2 aliphatic rings. The number of nitrogens with zero attached hydrogens (tertiary/aromatic N) is 3. The minimum absolute atomic E-state index is 0.0812. The zero-order valence-electron chi connectivity index (χ0n) is 17.8. The van der Waals surface area contributed by atoms with Crippen LogP contribution in [0.5, 0.6) is 5.75 Å². The van der Waals surface area contributed by atoms with Gasteiger partial charge in [-0.1, -0.05) is 23.4 Å². The zero-order valence-corrected chi connectivity index (χ0v) is 19.4. The topological polar surface area (TPSA) is 96.5 Å². The van der Waals surface area contributed by atoms with Crippen LogP contribution < -0.4 is 20.3 Å². The monoisotopic (exact) mass is 475 g/mol. The number of anilines is 2. The standard InChI is InChI=1S/C22H26ClN5O3S/c1-31-18-5-4-16(10-17(18)23)26-20(29)12-32-21-11-19(24-13-25-21)28-8-6-14(7-9-28)22(30)27-15-2-3-15/h4-5,10-11,13-15H,2-3,6-9,12H2,1H3,(H,26,29)(H,27,30). The Morgan fingerprint density at radius 3 is 2.66 bits per heavy atom. The van der Waals surface area contributed by atoms with Gasteiger partial charge >= 0.3 is 0 Å². The number of carbonyl (C=O) groups excluding carboxylic acids is 2. The van der Waals surface area contributed by atoms with Crippen LogP contribution in [0.1, 0.15) is 25.7 Å². The lowest BCUT2D eigenvalue weighted by Crippen LogP contribution is -2.41. The highest BCUT2D eigenvalue weighted by atomic mass is 35.5. The third kappa shape index (κ3) is 6.04. The number of thioether (sulfide) groups is 1. The summed E-state index contributed by atoms with van der Waals surface area (Å²) in [7, 11) is 1.54. The molecule has 0 radical (unpaired) electrons. The van der Waals surface area contributed by atoms with E-state index in [9.17, 15) is 9.59 Å². The highest BCUT2D eigenvalue weighted by molar-refractivity contribution is 7.99. The lowest BCUT2D eigenvalue weighted by Gasteiger charge is -2.32. The Balaban J connectivity index is 1.26. The minimum Gasteiger partial charge on any atom is -0.495 e. The van der Waals surface area contributed by atoms with Gasteiger partial charge in [0.1, 0.15) is 22.9 Å². The molecule has 170 valence electrons. The molecular weight excluding hydrogens is 450 g/mol. The number of benzene rings is 1. The van der Waals surface area contributed by atoms with Gasteiger partial charge in [0.15, 0.2) is 0 Å². The summed E-state index contributed by atoms with van der Waals surface area (Å²) in [6.45, 7) is 1.56. The average molecular weight is 476 g/mol. The molecule has 32 heavy (non-hydrogen) atoms. The maximum Gasteiger partial charge on any atom is 0.234 e. The molecule has 2 aromatic rings. The van der Waals surface area contributed by atoms with E-state index in [0.717, 1.165) is 49.6 Å². The first-order valence-corrected chi connectivity index (χ1v) is 12.0. The Morgan fingerprint density at radius 1 is 1.19 bits per heavy atom. The van der Waals surface area contributed by atoms with E-state index in [4.69, 9.17) is 16.3 Å². The van der Waals surface area contributed by atoms with Crippen LogP contribution >= 0.6 is 23.4 Å². The Hall–Kier alpha value is -2.52.